The Morgan fingerprint density at radius 3 is 2.68 bits per heavy atom. The number of ether oxygens (including phenoxy) is 1. The molecule has 1 saturated heterocycles. The number of anilines is 1. The molecule has 0 spiro atoms. The van der Waals surface area contributed by atoms with Crippen LogP contribution in [0.15, 0.2) is 59.1 Å². The van der Waals surface area contributed by atoms with Crippen LogP contribution in [0.2, 0.25) is 0 Å². The number of pyridine rings is 1. The molecule has 0 saturated carbocycles. The zero-order chi connectivity index (χ0) is 19.3. The first-order valence-electron chi connectivity index (χ1n) is 9.85. The highest BCUT2D eigenvalue weighted by Crippen LogP contribution is 2.22. The number of furan rings is 1. The molecule has 3 aromatic rings. The SMILES string of the molecule is Cc1ccc(-c2ccc(CNCc3ccc(N4CCOC(C)C4)nc3)o2)cc1. The van der Waals surface area contributed by atoms with Gasteiger partial charge in [0.15, 0.2) is 0 Å². The van der Waals surface area contributed by atoms with Crippen molar-refractivity contribution in [2.75, 3.05) is 24.6 Å². The van der Waals surface area contributed by atoms with Crippen LogP contribution in [0.3, 0.4) is 0 Å². The van der Waals surface area contributed by atoms with Crippen LogP contribution in [-0.2, 0) is 17.8 Å². The van der Waals surface area contributed by atoms with Gasteiger partial charge in [0.05, 0.1) is 19.3 Å². The fourth-order valence-electron chi connectivity index (χ4n) is 3.41. The standard InChI is InChI=1S/C23H27N3O2/c1-17-3-6-20(7-4-17)22-9-8-21(28-22)15-24-13-19-5-10-23(25-14-19)26-11-12-27-18(2)16-26/h3-10,14,18,24H,11-13,15-16H2,1-2H3. The Balaban J connectivity index is 1.29. The number of benzene rings is 1. The number of aryl methyl sites for hydroxylation is 1. The highest BCUT2D eigenvalue weighted by Gasteiger charge is 2.17. The largest absolute Gasteiger partial charge is 0.460 e. The van der Waals surface area contributed by atoms with Crippen molar-refractivity contribution in [2.24, 2.45) is 0 Å². The summed E-state index contributed by atoms with van der Waals surface area (Å²) in [4.78, 5) is 6.90. The Kier molecular flexibility index (Phi) is 5.74. The summed E-state index contributed by atoms with van der Waals surface area (Å²) in [5.41, 5.74) is 3.52. The van der Waals surface area contributed by atoms with E-state index in [1.54, 1.807) is 0 Å². The number of hydrogen-bond acceptors (Lipinski definition) is 5. The van der Waals surface area contributed by atoms with Crippen LogP contribution in [0.5, 0.6) is 0 Å². The van der Waals surface area contributed by atoms with Crippen LogP contribution in [0.25, 0.3) is 11.3 Å². The summed E-state index contributed by atoms with van der Waals surface area (Å²) in [5, 5.41) is 3.43. The van der Waals surface area contributed by atoms with Gasteiger partial charge in [0.2, 0.25) is 0 Å². The fraction of sp³-hybridized carbons (Fsp3) is 0.348. The van der Waals surface area contributed by atoms with Crippen molar-refractivity contribution >= 4 is 5.82 Å². The smallest absolute Gasteiger partial charge is 0.134 e. The average molecular weight is 377 g/mol. The lowest BCUT2D eigenvalue weighted by Crippen LogP contribution is -2.41. The van der Waals surface area contributed by atoms with Crippen LogP contribution in [-0.4, -0.2) is 30.8 Å². The third-order valence-electron chi connectivity index (χ3n) is 5.00. The van der Waals surface area contributed by atoms with Gasteiger partial charge in [0.1, 0.15) is 17.3 Å². The van der Waals surface area contributed by atoms with Crippen LogP contribution in [0, 0.1) is 6.92 Å². The van der Waals surface area contributed by atoms with Crippen molar-refractivity contribution < 1.29 is 9.15 Å². The Bertz CT molecular complexity index is 887. The third kappa shape index (κ3) is 4.61. The number of aromatic nitrogens is 1. The second-order valence-corrected chi connectivity index (χ2v) is 7.39. The van der Waals surface area contributed by atoms with Gasteiger partial charge in [-0.15, -0.1) is 0 Å². The van der Waals surface area contributed by atoms with E-state index >= 15 is 0 Å². The molecule has 2 aromatic heterocycles. The van der Waals surface area contributed by atoms with Crippen LogP contribution < -0.4 is 10.2 Å². The topological polar surface area (TPSA) is 50.5 Å². The monoisotopic (exact) mass is 377 g/mol. The zero-order valence-corrected chi connectivity index (χ0v) is 16.5. The first-order valence-corrected chi connectivity index (χ1v) is 9.85. The van der Waals surface area contributed by atoms with Gasteiger partial charge in [-0.05, 0) is 37.6 Å². The second kappa shape index (κ2) is 8.59. The predicted molar refractivity (Wildman–Crippen MR) is 111 cm³/mol. The van der Waals surface area contributed by atoms with Crippen molar-refractivity contribution in [2.45, 2.75) is 33.0 Å². The maximum absolute atomic E-state index is 5.96. The van der Waals surface area contributed by atoms with Crippen LogP contribution >= 0.6 is 0 Å². The van der Waals surface area contributed by atoms with E-state index in [9.17, 15) is 0 Å². The minimum Gasteiger partial charge on any atom is -0.460 e. The van der Waals surface area contributed by atoms with Gasteiger partial charge in [0.25, 0.3) is 0 Å². The lowest BCUT2D eigenvalue weighted by atomic mass is 10.1. The molecule has 146 valence electrons. The number of morpholine rings is 1. The molecule has 0 radical (unpaired) electrons. The summed E-state index contributed by atoms with van der Waals surface area (Å²) in [5.74, 6) is 2.86. The van der Waals surface area contributed by atoms with Crippen molar-refractivity contribution in [1.82, 2.24) is 10.3 Å². The lowest BCUT2D eigenvalue weighted by molar-refractivity contribution is 0.0529. The van der Waals surface area contributed by atoms with Gasteiger partial charge in [-0.3, -0.25) is 0 Å². The number of nitrogens with zero attached hydrogens (tertiary/aromatic N) is 2. The van der Waals surface area contributed by atoms with Gasteiger partial charge in [-0.25, -0.2) is 4.98 Å². The maximum atomic E-state index is 5.96. The molecule has 3 heterocycles. The molecule has 1 unspecified atom stereocenters. The molecule has 1 N–H and O–H groups in total. The highest BCUT2D eigenvalue weighted by atomic mass is 16.5. The number of hydrogen-bond donors (Lipinski definition) is 1. The summed E-state index contributed by atoms with van der Waals surface area (Å²) in [6.45, 7) is 8.19. The maximum Gasteiger partial charge on any atom is 0.134 e. The summed E-state index contributed by atoms with van der Waals surface area (Å²) < 4.78 is 11.6. The third-order valence-corrected chi connectivity index (χ3v) is 5.00. The number of rotatable bonds is 6. The average Bonchev–Trinajstić information content (AvgIpc) is 3.18. The van der Waals surface area contributed by atoms with Gasteiger partial charge < -0.3 is 19.4 Å². The van der Waals surface area contributed by atoms with Gasteiger partial charge in [-0.2, -0.15) is 0 Å². The first kappa shape index (κ1) is 18.7. The molecule has 4 rings (SSSR count). The molecule has 0 amide bonds. The van der Waals surface area contributed by atoms with E-state index in [0.29, 0.717) is 6.54 Å². The molecule has 5 heteroatoms. The van der Waals surface area contributed by atoms with Crippen molar-refractivity contribution in [3.05, 3.63) is 71.6 Å². The van der Waals surface area contributed by atoms with Crippen LogP contribution in [0.4, 0.5) is 5.82 Å². The highest BCUT2D eigenvalue weighted by molar-refractivity contribution is 5.57. The molecule has 0 aliphatic carbocycles. The van der Waals surface area contributed by atoms with Crippen molar-refractivity contribution in [3.63, 3.8) is 0 Å². The quantitative estimate of drug-likeness (QED) is 0.699. The molecular formula is C23H27N3O2. The lowest BCUT2D eigenvalue weighted by Gasteiger charge is -2.32. The summed E-state index contributed by atoms with van der Waals surface area (Å²) >= 11 is 0. The summed E-state index contributed by atoms with van der Waals surface area (Å²) in [6, 6.07) is 16.7. The first-order chi connectivity index (χ1) is 13.7. The van der Waals surface area contributed by atoms with E-state index in [2.05, 4.69) is 65.4 Å². The molecule has 1 aromatic carbocycles. The minimum atomic E-state index is 0.259. The van der Waals surface area contributed by atoms with Crippen molar-refractivity contribution in [1.29, 1.82) is 0 Å². The Morgan fingerprint density at radius 1 is 1.07 bits per heavy atom. The second-order valence-electron chi connectivity index (χ2n) is 7.39. The van der Waals surface area contributed by atoms with E-state index in [-0.39, 0.29) is 6.10 Å². The predicted octanol–water partition coefficient (Wildman–Crippen LogP) is 4.16. The molecule has 0 bridgehead atoms. The fourth-order valence-corrected chi connectivity index (χ4v) is 3.41. The Labute approximate surface area is 166 Å². The normalized spacial score (nSPS) is 17.1. The van der Waals surface area contributed by atoms with Crippen LogP contribution in [0.1, 0.15) is 23.8 Å². The number of nitrogens with one attached hydrogen (secondary N) is 1. The molecule has 5 nitrogen and oxygen atoms in total. The summed E-state index contributed by atoms with van der Waals surface area (Å²) in [7, 11) is 0. The van der Waals surface area contributed by atoms with E-state index in [1.807, 2.05) is 18.3 Å². The van der Waals surface area contributed by atoms with Gasteiger partial charge >= 0.3 is 0 Å². The van der Waals surface area contributed by atoms with E-state index in [1.165, 1.54) is 5.56 Å². The molecule has 1 aliphatic rings. The van der Waals surface area contributed by atoms with E-state index in [4.69, 9.17) is 9.15 Å². The van der Waals surface area contributed by atoms with E-state index in [0.717, 1.165) is 54.7 Å². The molecule has 1 atom stereocenters. The Morgan fingerprint density at radius 2 is 1.93 bits per heavy atom. The Hall–Kier alpha value is -2.63. The van der Waals surface area contributed by atoms with Gasteiger partial charge in [0, 0.05) is 31.4 Å². The summed E-state index contributed by atoms with van der Waals surface area (Å²) in [6.07, 6.45) is 2.21. The molecule has 28 heavy (non-hydrogen) atoms. The minimum absolute atomic E-state index is 0.259. The molecule has 1 aliphatic heterocycles. The molecule has 1 fully saturated rings. The van der Waals surface area contributed by atoms with Crippen molar-refractivity contribution in [3.8, 4) is 11.3 Å². The van der Waals surface area contributed by atoms with E-state index < -0.39 is 0 Å². The van der Waals surface area contributed by atoms with Gasteiger partial charge in [-0.1, -0.05) is 35.9 Å². The molecular weight excluding hydrogens is 350 g/mol. The zero-order valence-electron chi connectivity index (χ0n) is 16.5.